The summed E-state index contributed by atoms with van der Waals surface area (Å²) in [7, 11) is 3.01. The molecule has 234 valence electrons. The average Bonchev–Trinajstić information content (AvgIpc) is 3.39. The van der Waals surface area contributed by atoms with Crippen molar-refractivity contribution in [1.29, 1.82) is 0 Å². The maximum absolute atomic E-state index is 12.8. The molecule has 2 aliphatic heterocycles. The van der Waals surface area contributed by atoms with Gasteiger partial charge < -0.3 is 33.4 Å². The smallest absolute Gasteiger partial charge is 0.407 e. The zero-order chi connectivity index (χ0) is 30.3. The fourth-order valence-corrected chi connectivity index (χ4v) is 5.49. The van der Waals surface area contributed by atoms with Crippen molar-refractivity contribution < 1.29 is 42.5 Å². The van der Waals surface area contributed by atoms with Gasteiger partial charge >= 0.3 is 18.0 Å². The molecule has 1 amide bonds. The van der Waals surface area contributed by atoms with Crippen LogP contribution in [0.2, 0.25) is 0 Å². The normalized spacial score (nSPS) is 27.2. The van der Waals surface area contributed by atoms with E-state index in [0.29, 0.717) is 50.5 Å². The SMILES string of the molecule is CCC[C@H]1C[C@@H](OC)C[C@H](C)C[C@@H]2C[C@@H](OC(=O)/C=C\CCc3coc(/C=C\CNC(=O)OC)n3)C[C@H](CC(=O)O1)O2. The fourth-order valence-electron chi connectivity index (χ4n) is 5.49. The number of methoxy groups -OCH3 is 2. The summed E-state index contributed by atoms with van der Waals surface area (Å²) in [6, 6.07) is 0. The summed E-state index contributed by atoms with van der Waals surface area (Å²) in [5.74, 6) is 0.0697. The number of oxazole rings is 1. The van der Waals surface area contributed by atoms with E-state index in [1.807, 2.05) is 0 Å². The lowest BCUT2D eigenvalue weighted by atomic mass is 9.89. The molecule has 42 heavy (non-hydrogen) atoms. The van der Waals surface area contributed by atoms with Gasteiger partial charge in [-0.3, -0.25) is 4.79 Å². The van der Waals surface area contributed by atoms with Crippen LogP contribution >= 0.6 is 0 Å². The Morgan fingerprint density at radius 2 is 1.90 bits per heavy atom. The molecule has 0 radical (unpaired) electrons. The van der Waals surface area contributed by atoms with Crippen LogP contribution in [-0.4, -0.2) is 74.3 Å². The predicted octanol–water partition coefficient (Wildman–Crippen LogP) is 4.93. The number of allylic oxidation sites excluding steroid dienone is 1. The number of carbonyl (C=O) groups excluding carboxylic acids is 3. The zero-order valence-corrected chi connectivity index (χ0v) is 25.3. The van der Waals surface area contributed by atoms with E-state index in [4.69, 9.17) is 23.4 Å². The molecule has 2 fully saturated rings. The van der Waals surface area contributed by atoms with Gasteiger partial charge in [-0.1, -0.05) is 32.4 Å². The summed E-state index contributed by atoms with van der Waals surface area (Å²) < 4.78 is 33.5. The molecular formula is C31H46N2O9. The monoisotopic (exact) mass is 590 g/mol. The van der Waals surface area contributed by atoms with Crippen molar-refractivity contribution in [1.82, 2.24) is 10.3 Å². The molecule has 1 N–H and O–H groups in total. The number of esters is 2. The van der Waals surface area contributed by atoms with Crippen molar-refractivity contribution in [3.05, 3.63) is 36.1 Å². The third-order valence-electron chi connectivity index (χ3n) is 7.41. The molecule has 3 heterocycles. The van der Waals surface area contributed by atoms with E-state index >= 15 is 0 Å². The lowest BCUT2D eigenvalue weighted by Crippen LogP contribution is -2.41. The van der Waals surface area contributed by atoms with Crippen LogP contribution in [0.25, 0.3) is 6.08 Å². The largest absolute Gasteiger partial charge is 0.462 e. The highest BCUT2D eigenvalue weighted by Gasteiger charge is 2.35. The van der Waals surface area contributed by atoms with Crippen molar-refractivity contribution in [3.63, 3.8) is 0 Å². The number of ether oxygens (including phenoxy) is 5. The second kappa shape index (κ2) is 17.7. The van der Waals surface area contributed by atoms with Crippen LogP contribution < -0.4 is 5.32 Å². The van der Waals surface area contributed by atoms with Gasteiger partial charge in [0.2, 0.25) is 5.89 Å². The second-order valence-electron chi connectivity index (χ2n) is 11.1. The Kier molecular flexibility index (Phi) is 14.0. The Hall–Kier alpha value is -3.18. The number of alkyl carbamates (subject to hydrolysis) is 1. The summed E-state index contributed by atoms with van der Waals surface area (Å²) in [6.07, 6.45) is 13.1. The Morgan fingerprint density at radius 3 is 2.67 bits per heavy atom. The van der Waals surface area contributed by atoms with Crippen molar-refractivity contribution in [2.45, 2.75) is 109 Å². The van der Waals surface area contributed by atoms with Crippen LogP contribution in [0.15, 0.2) is 28.9 Å². The predicted molar refractivity (Wildman–Crippen MR) is 154 cm³/mol. The number of aromatic nitrogens is 1. The van der Waals surface area contributed by atoms with E-state index < -0.39 is 12.1 Å². The maximum Gasteiger partial charge on any atom is 0.407 e. The molecular weight excluding hydrogens is 544 g/mol. The average molecular weight is 591 g/mol. The van der Waals surface area contributed by atoms with E-state index in [1.54, 1.807) is 31.6 Å². The number of hydrogen-bond donors (Lipinski definition) is 1. The highest BCUT2D eigenvalue weighted by molar-refractivity contribution is 5.82. The molecule has 0 spiro atoms. The third kappa shape index (κ3) is 12.0. The van der Waals surface area contributed by atoms with Gasteiger partial charge in [-0.05, 0) is 44.1 Å². The van der Waals surface area contributed by atoms with E-state index in [1.165, 1.54) is 13.2 Å². The number of fused-ring (bicyclic) bond motifs is 2. The summed E-state index contributed by atoms with van der Waals surface area (Å²) >= 11 is 0. The van der Waals surface area contributed by atoms with Gasteiger partial charge in [0.1, 0.15) is 18.5 Å². The Morgan fingerprint density at radius 1 is 1.10 bits per heavy atom. The van der Waals surface area contributed by atoms with Crippen LogP contribution in [0.3, 0.4) is 0 Å². The molecule has 3 rings (SSSR count). The van der Waals surface area contributed by atoms with Gasteiger partial charge in [0, 0.05) is 39.0 Å². The second-order valence-corrected chi connectivity index (χ2v) is 11.1. The maximum atomic E-state index is 12.8. The highest BCUT2D eigenvalue weighted by atomic mass is 16.6. The first-order valence-electron chi connectivity index (χ1n) is 15.0. The summed E-state index contributed by atoms with van der Waals surface area (Å²) in [4.78, 5) is 40.8. The number of cyclic esters (lactones) is 1. The molecule has 6 atom stereocenters. The van der Waals surface area contributed by atoms with Gasteiger partial charge in [-0.2, -0.15) is 0 Å². The minimum Gasteiger partial charge on any atom is -0.462 e. The van der Waals surface area contributed by atoms with E-state index in [2.05, 4.69) is 28.9 Å². The van der Waals surface area contributed by atoms with Gasteiger partial charge in [-0.15, -0.1) is 0 Å². The van der Waals surface area contributed by atoms with Crippen LogP contribution in [-0.2, 0) is 39.7 Å². The molecule has 11 heteroatoms. The number of amides is 1. The Labute approximate surface area is 248 Å². The topological polar surface area (TPSA) is 135 Å². The summed E-state index contributed by atoms with van der Waals surface area (Å²) in [6.45, 7) is 4.56. The molecule has 1 aromatic rings. The number of carbonyl (C=O) groups is 3. The standard InChI is InChI=1S/C31H46N2O9/c1-5-9-23-16-24(37-3)14-21(2)15-25-17-26(18-27(40-25)19-30(35)41-23)42-29(34)12-7-6-10-22-20-39-28(33-22)11-8-13-32-31(36)38-4/h7-8,11-12,20-21,23-27H,5-6,9-10,13-19H2,1-4H3,(H,32,36)/b11-8-,12-7-/t21-,23-,24-,25+,26+,27+/m0/s1. The first kappa shape index (κ1) is 33.3. The molecule has 1 aromatic heterocycles. The van der Waals surface area contributed by atoms with Crippen LogP contribution in [0.4, 0.5) is 4.79 Å². The molecule has 2 saturated heterocycles. The van der Waals surface area contributed by atoms with E-state index in [9.17, 15) is 14.4 Å². The minimum atomic E-state index is -0.513. The molecule has 0 aromatic carbocycles. The molecule has 2 bridgehead atoms. The van der Waals surface area contributed by atoms with Gasteiger partial charge in [-0.25, -0.2) is 14.6 Å². The number of aryl methyl sites for hydroxylation is 1. The van der Waals surface area contributed by atoms with Crippen molar-refractivity contribution in [3.8, 4) is 0 Å². The van der Waals surface area contributed by atoms with Crippen molar-refractivity contribution in [2.24, 2.45) is 5.92 Å². The summed E-state index contributed by atoms with van der Waals surface area (Å²) in [5.41, 5.74) is 0.745. The van der Waals surface area contributed by atoms with E-state index in [-0.39, 0.29) is 42.9 Å². The van der Waals surface area contributed by atoms with Gasteiger partial charge in [0.05, 0.1) is 37.5 Å². The van der Waals surface area contributed by atoms with Crippen molar-refractivity contribution >= 4 is 24.1 Å². The number of hydrogen-bond acceptors (Lipinski definition) is 10. The van der Waals surface area contributed by atoms with Crippen LogP contribution in [0, 0.1) is 5.92 Å². The Balaban J connectivity index is 1.49. The number of nitrogens with one attached hydrogen (secondary N) is 1. The lowest BCUT2D eigenvalue weighted by Gasteiger charge is -2.37. The van der Waals surface area contributed by atoms with E-state index in [0.717, 1.165) is 31.4 Å². The molecule has 0 aliphatic carbocycles. The zero-order valence-electron chi connectivity index (χ0n) is 25.3. The van der Waals surface area contributed by atoms with Gasteiger partial charge in [0.25, 0.3) is 0 Å². The van der Waals surface area contributed by atoms with Gasteiger partial charge in [0.15, 0.2) is 0 Å². The third-order valence-corrected chi connectivity index (χ3v) is 7.41. The summed E-state index contributed by atoms with van der Waals surface area (Å²) in [5, 5.41) is 2.53. The molecule has 11 nitrogen and oxygen atoms in total. The quantitative estimate of drug-likeness (QED) is 0.215. The minimum absolute atomic E-state index is 0.0116. The van der Waals surface area contributed by atoms with Crippen molar-refractivity contribution in [2.75, 3.05) is 20.8 Å². The highest BCUT2D eigenvalue weighted by Crippen LogP contribution is 2.31. The van der Waals surface area contributed by atoms with Crippen LogP contribution in [0.5, 0.6) is 0 Å². The Bertz CT molecular complexity index is 1050. The molecule has 0 unspecified atom stereocenters. The number of nitrogens with zero attached hydrogens (tertiary/aromatic N) is 1. The first-order valence-corrected chi connectivity index (χ1v) is 15.0. The number of rotatable bonds is 11. The molecule has 0 saturated carbocycles. The fraction of sp³-hybridized carbons (Fsp3) is 0.677. The first-order chi connectivity index (χ1) is 20.3. The molecule has 2 aliphatic rings. The lowest BCUT2D eigenvalue weighted by molar-refractivity contribution is -0.168. The van der Waals surface area contributed by atoms with Crippen LogP contribution in [0.1, 0.15) is 83.2 Å².